The van der Waals surface area contributed by atoms with Crippen molar-refractivity contribution < 1.29 is 0 Å². The summed E-state index contributed by atoms with van der Waals surface area (Å²) in [6.07, 6.45) is 12.6. The molecule has 3 fully saturated rings. The van der Waals surface area contributed by atoms with Crippen molar-refractivity contribution in [3.05, 3.63) is 34.9 Å². The van der Waals surface area contributed by atoms with Crippen molar-refractivity contribution in [3.63, 3.8) is 0 Å². The van der Waals surface area contributed by atoms with Gasteiger partial charge in [0.1, 0.15) is 0 Å². The fourth-order valence-corrected chi connectivity index (χ4v) is 4.91. The fraction of sp³-hybridized carbons (Fsp3) is 0.650. The van der Waals surface area contributed by atoms with Gasteiger partial charge in [-0.15, -0.1) is 5.10 Å². The average Bonchev–Trinajstić information content (AvgIpc) is 3.36. The van der Waals surface area contributed by atoms with Crippen molar-refractivity contribution in [2.45, 2.75) is 63.7 Å². The molecule has 1 saturated carbocycles. The SMILES string of the molecule is S=c1n(CN2CCC[C@H]2c2cccnc2)nc(N2CCCCC2)n1C1CC1. The lowest BCUT2D eigenvalue weighted by atomic mass is 10.1. The third-order valence-corrected chi connectivity index (χ3v) is 6.56. The second kappa shape index (κ2) is 7.36. The predicted molar refractivity (Wildman–Crippen MR) is 108 cm³/mol. The Morgan fingerprint density at radius 3 is 2.63 bits per heavy atom. The molecule has 2 aromatic heterocycles. The van der Waals surface area contributed by atoms with E-state index in [2.05, 4.69) is 30.1 Å². The van der Waals surface area contributed by atoms with Crippen LogP contribution in [0.4, 0.5) is 5.95 Å². The Labute approximate surface area is 165 Å². The van der Waals surface area contributed by atoms with Crippen molar-refractivity contribution in [2.24, 2.45) is 0 Å². The zero-order chi connectivity index (χ0) is 18.2. The van der Waals surface area contributed by atoms with E-state index < -0.39 is 0 Å². The van der Waals surface area contributed by atoms with E-state index in [1.54, 1.807) is 0 Å². The molecule has 6 nitrogen and oxygen atoms in total. The highest BCUT2D eigenvalue weighted by Crippen LogP contribution is 2.39. The molecule has 2 aliphatic heterocycles. The van der Waals surface area contributed by atoms with Gasteiger partial charge in [-0.05, 0) is 68.8 Å². The lowest BCUT2D eigenvalue weighted by Gasteiger charge is -2.27. The van der Waals surface area contributed by atoms with E-state index in [-0.39, 0.29) is 0 Å². The molecule has 0 radical (unpaired) electrons. The highest BCUT2D eigenvalue weighted by atomic mass is 32.1. The van der Waals surface area contributed by atoms with E-state index >= 15 is 0 Å². The molecular weight excluding hydrogens is 356 g/mol. The molecule has 0 aromatic carbocycles. The largest absolute Gasteiger partial charge is 0.341 e. The van der Waals surface area contributed by atoms with Crippen LogP contribution in [0.2, 0.25) is 0 Å². The standard InChI is InChI=1S/C20H28N6S/c27-20-25(15-24-13-5-7-18(24)16-6-4-10-21-14-16)22-19(26(20)17-8-9-17)23-11-2-1-3-12-23/h4,6,10,14,17-18H,1-3,5,7-9,11-13,15H2/t18-/m0/s1. The van der Waals surface area contributed by atoms with Gasteiger partial charge in [0.15, 0.2) is 0 Å². The topological polar surface area (TPSA) is 42.1 Å². The molecule has 4 heterocycles. The Balaban J connectivity index is 1.42. The lowest BCUT2D eigenvalue weighted by molar-refractivity contribution is 0.189. The summed E-state index contributed by atoms with van der Waals surface area (Å²) in [6.45, 7) is 4.09. The van der Waals surface area contributed by atoms with Gasteiger partial charge in [0, 0.05) is 44.1 Å². The molecule has 1 aliphatic carbocycles. The van der Waals surface area contributed by atoms with E-state index in [0.29, 0.717) is 12.1 Å². The fourth-order valence-electron chi connectivity index (χ4n) is 4.58. The van der Waals surface area contributed by atoms with E-state index in [9.17, 15) is 0 Å². The Bertz CT molecular complexity index is 834. The molecule has 0 spiro atoms. The average molecular weight is 385 g/mol. The quantitative estimate of drug-likeness (QED) is 0.731. The van der Waals surface area contributed by atoms with Gasteiger partial charge < -0.3 is 4.90 Å². The third kappa shape index (κ3) is 3.43. The zero-order valence-corrected chi connectivity index (χ0v) is 16.7. The van der Waals surface area contributed by atoms with E-state index in [1.165, 1.54) is 50.5 Å². The number of rotatable bonds is 5. The summed E-state index contributed by atoms with van der Waals surface area (Å²) in [5.41, 5.74) is 1.30. The second-order valence-corrected chi connectivity index (χ2v) is 8.49. The van der Waals surface area contributed by atoms with Gasteiger partial charge >= 0.3 is 0 Å². The first kappa shape index (κ1) is 17.4. The van der Waals surface area contributed by atoms with Gasteiger partial charge in [0.25, 0.3) is 0 Å². The number of likely N-dealkylation sites (tertiary alicyclic amines) is 1. The molecule has 27 heavy (non-hydrogen) atoms. The summed E-state index contributed by atoms with van der Waals surface area (Å²) in [5, 5.41) is 5.03. The van der Waals surface area contributed by atoms with Crippen molar-refractivity contribution >= 4 is 18.2 Å². The van der Waals surface area contributed by atoms with E-state index in [0.717, 1.165) is 37.0 Å². The molecule has 0 N–H and O–H groups in total. The minimum absolute atomic E-state index is 0.421. The van der Waals surface area contributed by atoms with Crippen molar-refractivity contribution in [3.8, 4) is 0 Å². The highest BCUT2D eigenvalue weighted by Gasteiger charge is 2.32. The first-order valence-electron chi connectivity index (χ1n) is 10.4. The van der Waals surface area contributed by atoms with E-state index in [4.69, 9.17) is 17.3 Å². The molecule has 144 valence electrons. The van der Waals surface area contributed by atoms with Gasteiger partial charge in [-0.3, -0.25) is 14.5 Å². The van der Waals surface area contributed by atoms with Crippen LogP contribution in [-0.2, 0) is 6.67 Å². The monoisotopic (exact) mass is 384 g/mol. The van der Waals surface area contributed by atoms with Crippen LogP contribution in [-0.4, -0.2) is 43.9 Å². The van der Waals surface area contributed by atoms with E-state index in [1.807, 2.05) is 18.5 Å². The number of aromatic nitrogens is 4. The summed E-state index contributed by atoms with van der Waals surface area (Å²) in [7, 11) is 0. The normalized spacial score (nSPS) is 23.9. The first-order chi connectivity index (χ1) is 13.3. The minimum Gasteiger partial charge on any atom is -0.341 e. The molecule has 0 unspecified atom stereocenters. The molecular formula is C20H28N6S. The summed E-state index contributed by atoms with van der Waals surface area (Å²) in [6, 6.07) is 5.21. The summed E-state index contributed by atoms with van der Waals surface area (Å²) in [5.74, 6) is 1.11. The van der Waals surface area contributed by atoms with Crippen LogP contribution in [0.3, 0.4) is 0 Å². The number of anilines is 1. The predicted octanol–water partition coefficient (Wildman–Crippen LogP) is 3.93. The van der Waals surface area contributed by atoms with Crippen LogP contribution in [0.5, 0.6) is 0 Å². The van der Waals surface area contributed by atoms with Gasteiger partial charge in [-0.1, -0.05) is 6.07 Å². The second-order valence-electron chi connectivity index (χ2n) is 8.13. The number of hydrogen-bond acceptors (Lipinski definition) is 5. The molecule has 0 bridgehead atoms. The maximum atomic E-state index is 5.89. The number of hydrogen-bond donors (Lipinski definition) is 0. The van der Waals surface area contributed by atoms with Crippen LogP contribution in [0.1, 0.15) is 62.6 Å². The third-order valence-electron chi connectivity index (χ3n) is 6.15. The zero-order valence-electron chi connectivity index (χ0n) is 15.8. The molecule has 2 aromatic rings. The number of nitrogens with zero attached hydrogens (tertiary/aromatic N) is 6. The molecule has 1 atom stereocenters. The maximum Gasteiger partial charge on any atom is 0.226 e. The molecule has 2 saturated heterocycles. The van der Waals surface area contributed by atoms with Crippen molar-refractivity contribution in [2.75, 3.05) is 24.5 Å². The molecule has 0 amide bonds. The Kier molecular flexibility index (Phi) is 4.73. The van der Waals surface area contributed by atoms with Crippen molar-refractivity contribution in [1.82, 2.24) is 24.2 Å². The number of pyridine rings is 1. The highest BCUT2D eigenvalue weighted by molar-refractivity contribution is 7.71. The Hall–Kier alpha value is -1.73. The van der Waals surface area contributed by atoms with Crippen molar-refractivity contribution in [1.29, 1.82) is 0 Å². The Morgan fingerprint density at radius 2 is 1.89 bits per heavy atom. The van der Waals surface area contributed by atoms with Crippen LogP contribution >= 0.6 is 12.2 Å². The van der Waals surface area contributed by atoms with Crippen LogP contribution in [0.15, 0.2) is 24.5 Å². The summed E-state index contributed by atoms with van der Waals surface area (Å²) in [4.78, 5) is 9.28. The molecule has 5 rings (SSSR count). The molecule has 7 heteroatoms. The first-order valence-corrected chi connectivity index (χ1v) is 10.8. The summed E-state index contributed by atoms with van der Waals surface area (Å²) < 4.78 is 5.32. The maximum absolute atomic E-state index is 5.89. The Morgan fingerprint density at radius 1 is 1.04 bits per heavy atom. The molecule has 3 aliphatic rings. The van der Waals surface area contributed by atoms with Crippen LogP contribution < -0.4 is 4.90 Å². The minimum atomic E-state index is 0.421. The van der Waals surface area contributed by atoms with Gasteiger partial charge in [-0.25, -0.2) is 4.68 Å². The number of piperidine rings is 1. The van der Waals surface area contributed by atoms with Crippen LogP contribution in [0.25, 0.3) is 0 Å². The smallest absolute Gasteiger partial charge is 0.226 e. The lowest BCUT2D eigenvalue weighted by Crippen LogP contribution is -2.32. The van der Waals surface area contributed by atoms with Gasteiger partial charge in [0.05, 0.1) is 6.67 Å². The van der Waals surface area contributed by atoms with Crippen LogP contribution in [0, 0.1) is 4.77 Å². The van der Waals surface area contributed by atoms with Gasteiger partial charge in [0.2, 0.25) is 10.7 Å². The summed E-state index contributed by atoms with van der Waals surface area (Å²) >= 11 is 5.89. The van der Waals surface area contributed by atoms with Gasteiger partial charge in [-0.2, -0.15) is 0 Å².